The molecule has 20 heavy (non-hydrogen) atoms. The second-order valence-electron chi connectivity index (χ2n) is 5.36. The minimum atomic E-state index is 0.427. The zero-order valence-corrected chi connectivity index (χ0v) is 12.8. The monoisotopic (exact) mass is 303 g/mol. The van der Waals surface area contributed by atoms with Crippen molar-refractivity contribution in [3.8, 4) is 0 Å². The van der Waals surface area contributed by atoms with E-state index in [1.54, 1.807) is 0 Å². The minimum absolute atomic E-state index is 0.427. The molecule has 1 saturated carbocycles. The van der Waals surface area contributed by atoms with E-state index in [9.17, 15) is 0 Å². The van der Waals surface area contributed by atoms with E-state index < -0.39 is 0 Å². The van der Waals surface area contributed by atoms with Crippen molar-refractivity contribution < 1.29 is 0 Å². The Morgan fingerprint density at radius 3 is 2.45 bits per heavy atom. The molecule has 1 radical (unpaired) electrons. The van der Waals surface area contributed by atoms with Gasteiger partial charge in [0.05, 0.1) is 0 Å². The summed E-state index contributed by atoms with van der Waals surface area (Å²) in [7, 11) is 0. The SMILES string of the molecule is Clc1ccc(C2CCCC[C]2c2ccccc2)c(Cl)c1. The van der Waals surface area contributed by atoms with Crippen LogP contribution in [0, 0.1) is 5.92 Å². The Morgan fingerprint density at radius 1 is 0.900 bits per heavy atom. The summed E-state index contributed by atoms with van der Waals surface area (Å²) in [6.07, 6.45) is 4.87. The molecule has 0 saturated heterocycles. The predicted octanol–water partition coefficient (Wildman–Crippen LogP) is 6.27. The number of benzene rings is 2. The largest absolute Gasteiger partial charge is 0.0843 e. The molecule has 1 fully saturated rings. The Hall–Kier alpha value is -0.980. The maximum absolute atomic E-state index is 6.42. The van der Waals surface area contributed by atoms with Gasteiger partial charge in [0.25, 0.3) is 0 Å². The summed E-state index contributed by atoms with van der Waals surface area (Å²) in [4.78, 5) is 0. The van der Waals surface area contributed by atoms with E-state index >= 15 is 0 Å². The maximum atomic E-state index is 6.42. The lowest BCUT2D eigenvalue weighted by Crippen LogP contribution is -2.17. The highest BCUT2D eigenvalue weighted by Gasteiger charge is 2.29. The lowest BCUT2D eigenvalue weighted by Gasteiger charge is -2.32. The molecule has 0 N–H and O–H groups in total. The third kappa shape index (κ3) is 2.87. The summed E-state index contributed by atoms with van der Waals surface area (Å²) >= 11 is 12.4. The average molecular weight is 304 g/mol. The van der Waals surface area contributed by atoms with Crippen molar-refractivity contribution in [3.63, 3.8) is 0 Å². The molecular weight excluding hydrogens is 287 g/mol. The normalized spacial score (nSPS) is 20.0. The minimum Gasteiger partial charge on any atom is -0.0843 e. The van der Waals surface area contributed by atoms with Crippen molar-refractivity contribution in [2.45, 2.75) is 31.6 Å². The molecule has 1 unspecified atom stereocenters. The van der Waals surface area contributed by atoms with E-state index in [1.807, 2.05) is 12.1 Å². The molecule has 2 heteroatoms. The molecule has 1 atom stereocenters. The van der Waals surface area contributed by atoms with Gasteiger partial charge in [-0.2, -0.15) is 0 Å². The Labute approximate surface area is 130 Å². The van der Waals surface area contributed by atoms with Crippen LogP contribution in [-0.2, 0) is 0 Å². The molecule has 1 aliphatic rings. The van der Waals surface area contributed by atoms with Gasteiger partial charge < -0.3 is 0 Å². The predicted molar refractivity (Wildman–Crippen MR) is 86.5 cm³/mol. The summed E-state index contributed by atoms with van der Waals surface area (Å²) in [5, 5.41) is 1.49. The first kappa shape index (κ1) is 14.0. The molecule has 2 aromatic carbocycles. The summed E-state index contributed by atoms with van der Waals surface area (Å²) < 4.78 is 0. The van der Waals surface area contributed by atoms with Crippen molar-refractivity contribution in [2.75, 3.05) is 0 Å². The molecule has 1 aliphatic carbocycles. The standard InChI is InChI=1S/C18H17Cl2/c19-14-10-11-17(18(20)12-14)16-9-5-4-8-15(16)13-6-2-1-3-7-13/h1-3,6-7,10-12,16H,4-5,8-9H2. The summed E-state index contributed by atoms with van der Waals surface area (Å²) in [6.45, 7) is 0. The fourth-order valence-corrected chi connectivity index (χ4v) is 3.68. The third-order valence-electron chi connectivity index (χ3n) is 4.09. The number of rotatable bonds is 2. The highest BCUT2D eigenvalue weighted by Crippen LogP contribution is 2.45. The van der Waals surface area contributed by atoms with Gasteiger partial charge in [-0.1, -0.05) is 72.4 Å². The van der Waals surface area contributed by atoms with Crippen LogP contribution in [0.4, 0.5) is 0 Å². The first-order valence-corrected chi connectivity index (χ1v) is 7.87. The molecule has 0 aliphatic heterocycles. The summed E-state index contributed by atoms with van der Waals surface area (Å²) in [5.41, 5.74) is 2.57. The van der Waals surface area contributed by atoms with Gasteiger partial charge in [-0.3, -0.25) is 0 Å². The molecule has 0 spiro atoms. The topological polar surface area (TPSA) is 0 Å². The Bertz CT molecular complexity index is 577. The van der Waals surface area contributed by atoms with Gasteiger partial charge in [0.1, 0.15) is 0 Å². The molecule has 0 aromatic heterocycles. The molecule has 2 aromatic rings. The molecule has 103 valence electrons. The number of hydrogen-bond acceptors (Lipinski definition) is 0. The second kappa shape index (κ2) is 6.20. The van der Waals surface area contributed by atoms with Crippen molar-refractivity contribution >= 4 is 23.2 Å². The maximum Gasteiger partial charge on any atom is 0.0455 e. The van der Waals surface area contributed by atoms with Gasteiger partial charge in [0, 0.05) is 16.0 Å². The number of hydrogen-bond donors (Lipinski definition) is 0. The number of halogens is 2. The third-order valence-corrected chi connectivity index (χ3v) is 4.65. The zero-order valence-electron chi connectivity index (χ0n) is 11.3. The van der Waals surface area contributed by atoms with Gasteiger partial charge in [0.15, 0.2) is 0 Å². The highest BCUT2D eigenvalue weighted by molar-refractivity contribution is 6.35. The van der Waals surface area contributed by atoms with Crippen LogP contribution in [0.2, 0.25) is 10.0 Å². The fourth-order valence-electron chi connectivity index (χ4n) is 3.14. The van der Waals surface area contributed by atoms with E-state index in [1.165, 1.54) is 36.3 Å². The van der Waals surface area contributed by atoms with Crippen LogP contribution in [0.3, 0.4) is 0 Å². The van der Waals surface area contributed by atoms with Crippen LogP contribution in [0.5, 0.6) is 0 Å². The second-order valence-corrected chi connectivity index (χ2v) is 6.20. The Kier molecular flexibility index (Phi) is 4.33. The van der Waals surface area contributed by atoms with Crippen molar-refractivity contribution in [1.29, 1.82) is 0 Å². The molecule has 3 rings (SSSR count). The van der Waals surface area contributed by atoms with Gasteiger partial charge in [0.2, 0.25) is 0 Å². The Morgan fingerprint density at radius 2 is 1.70 bits per heavy atom. The van der Waals surface area contributed by atoms with Gasteiger partial charge in [-0.05, 0) is 42.0 Å². The van der Waals surface area contributed by atoms with E-state index in [0.717, 1.165) is 11.4 Å². The average Bonchev–Trinajstić information content (AvgIpc) is 2.48. The lowest BCUT2D eigenvalue weighted by atomic mass is 9.72. The zero-order chi connectivity index (χ0) is 13.9. The van der Waals surface area contributed by atoms with Crippen LogP contribution in [0.25, 0.3) is 0 Å². The molecule has 0 bridgehead atoms. The van der Waals surface area contributed by atoms with E-state index in [4.69, 9.17) is 23.2 Å². The summed E-state index contributed by atoms with van der Waals surface area (Å²) in [5.74, 6) is 1.94. The van der Waals surface area contributed by atoms with Crippen LogP contribution in [0.1, 0.15) is 42.7 Å². The van der Waals surface area contributed by atoms with Crippen LogP contribution in [-0.4, -0.2) is 0 Å². The first-order chi connectivity index (χ1) is 9.75. The molecule has 0 nitrogen and oxygen atoms in total. The quantitative estimate of drug-likeness (QED) is 0.613. The molecule has 0 amide bonds. The van der Waals surface area contributed by atoms with Crippen LogP contribution in [0.15, 0.2) is 48.5 Å². The fraction of sp³-hybridized carbons (Fsp3) is 0.278. The van der Waals surface area contributed by atoms with Crippen LogP contribution < -0.4 is 0 Å². The van der Waals surface area contributed by atoms with Crippen LogP contribution >= 0.6 is 23.2 Å². The lowest BCUT2D eigenvalue weighted by molar-refractivity contribution is 0.492. The summed E-state index contributed by atoms with van der Waals surface area (Å²) in [6, 6.07) is 16.6. The highest BCUT2D eigenvalue weighted by atomic mass is 35.5. The van der Waals surface area contributed by atoms with Gasteiger partial charge in [-0.15, -0.1) is 0 Å². The van der Waals surface area contributed by atoms with Crippen molar-refractivity contribution in [2.24, 2.45) is 0 Å². The molecular formula is C18H17Cl2. The van der Waals surface area contributed by atoms with E-state index in [0.29, 0.717) is 10.9 Å². The van der Waals surface area contributed by atoms with E-state index in [2.05, 4.69) is 36.4 Å². The first-order valence-electron chi connectivity index (χ1n) is 7.12. The Balaban J connectivity index is 1.97. The van der Waals surface area contributed by atoms with E-state index in [-0.39, 0.29) is 0 Å². The van der Waals surface area contributed by atoms with Gasteiger partial charge >= 0.3 is 0 Å². The molecule has 0 heterocycles. The smallest absolute Gasteiger partial charge is 0.0455 e. The van der Waals surface area contributed by atoms with Gasteiger partial charge in [-0.25, -0.2) is 0 Å². The van der Waals surface area contributed by atoms with Crippen molar-refractivity contribution in [1.82, 2.24) is 0 Å². The van der Waals surface area contributed by atoms with Crippen molar-refractivity contribution in [3.05, 3.63) is 75.6 Å².